The van der Waals surface area contributed by atoms with Gasteiger partial charge >= 0.3 is 0 Å². The lowest BCUT2D eigenvalue weighted by Gasteiger charge is -2.39. The van der Waals surface area contributed by atoms with E-state index < -0.39 is 4.92 Å². The van der Waals surface area contributed by atoms with Crippen molar-refractivity contribution in [1.29, 1.82) is 0 Å². The van der Waals surface area contributed by atoms with Crippen molar-refractivity contribution in [2.75, 3.05) is 6.54 Å². The molecule has 1 aromatic carbocycles. The van der Waals surface area contributed by atoms with Crippen LogP contribution >= 0.6 is 0 Å². The molecule has 1 aliphatic heterocycles. The van der Waals surface area contributed by atoms with E-state index in [0.29, 0.717) is 5.56 Å². The van der Waals surface area contributed by atoms with Crippen molar-refractivity contribution >= 4 is 11.6 Å². The highest BCUT2D eigenvalue weighted by molar-refractivity contribution is 5.95. The van der Waals surface area contributed by atoms with Gasteiger partial charge in [-0.15, -0.1) is 0 Å². The van der Waals surface area contributed by atoms with Crippen molar-refractivity contribution in [3.05, 3.63) is 39.9 Å². The van der Waals surface area contributed by atoms with Gasteiger partial charge in [-0.05, 0) is 36.2 Å². The average Bonchev–Trinajstić information content (AvgIpc) is 2.67. The van der Waals surface area contributed by atoms with Crippen molar-refractivity contribution < 1.29 is 9.72 Å². The number of hydrogen-bond acceptors (Lipinski definition) is 3. The number of likely N-dealkylation sites (tertiary alicyclic amines) is 1. The molecule has 0 aromatic heterocycles. The number of carbonyl (C=O) groups excluding carboxylic acids is 1. The maximum Gasteiger partial charge on any atom is 0.270 e. The van der Waals surface area contributed by atoms with Crippen LogP contribution < -0.4 is 0 Å². The highest BCUT2D eigenvalue weighted by Crippen LogP contribution is 2.52. The Morgan fingerprint density at radius 2 is 2.05 bits per heavy atom. The van der Waals surface area contributed by atoms with Crippen LogP contribution in [0.1, 0.15) is 50.4 Å². The molecular formula is C17H22N2O3. The molecule has 0 N–H and O–H groups in total. The van der Waals surface area contributed by atoms with Gasteiger partial charge in [0.25, 0.3) is 11.6 Å². The van der Waals surface area contributed by atoms with E-state index in [1.807, 2.05) is 4.90 Å². The maximum atomic E-state index is 12.8. The van der Waals surface area contributed by atoms with Gasteiger partial charge < -0.3 is 4.90 Å². The lowest BCUT2D eigenvalue weighted by Crippen LogP contribution is -2.37. The fraction of sp³-hybridized carbons (Fsp3) is 0.588. The third-order valence-corrected chi connectivity index (χ3v) is 4.98. The maximum absolute atomic E-state index is 12.8. The number of fused-ring (bicyclic) bond motifs is 2. The molecule has 2 fully saturated rings. The number of nitrogens with zero attached hydrogens (tertiary/aromatic N) is 2. The summed E-state index contributed by atoms with van der Waals surface area (Å²) in [6.45, 7) is 7.53. The summed E-state index contributed by atoms with van der Waals surface area (Å²) in [7, 11) is 0. The smallest absolute Gasteiger partial charge is 0.270 e. The monoisotopic (exact) mass is 302 g/mol. The SMILES string of the molecule is CC1(C)C[C@@H]2C[C@](C)(CN2C(=O)c2cccc([N+](=O)[O-])c2)C1. The second kappa shape index (κ2) is 4.80. The van der Waals surface area contributed by atoms with Gasteiger partial charge in [-0.2, -0.15) is 0 Å². The van der Waals surface area contributed by atoms with Gasteiger partial charge in [0.05, 0.1) is 4.92 Å². The van der Waals surface area contributed by atoms with Crippen LogP contribution in [0.4, 0.5) is 5.69 Å². The lowest BCUT2D eigenvalue weighted by atomic mass is 9.65. The number of non-ortho nitro benzene ring substituents is 1. The Hall–Kier alpha value is -1.91. The Labute approximate surface area is 130 Å². The van der Waals surface area contributed by atoms with E-state index in [0.717, 1.165) is 25.8 Å². The Kier molecular flexibility index (Phi) is 3.27. The van der Waals surface area contributed by atoms with E-state index in [1.54, 1.807) is 12.1 Å². The van der Waals surface area contributed by atoms with Gasteiger partial charge in [0.2, 0.25) is 0 Å². The zero-order chi connectivity index (χ0) is 16.1. The first-order valence-electron chi connectivity index (χ1n) is 7.75. The standard InChI is InChI=1S/C17H22N2O3/c1-16(2)8-14-9-17(3,10-16)11-18(14)15(20)12-5-4-6-13(7-12)19(21)22/h4-7,14H,8-11H2,1-3H3/t14-,17+/m1/s1. The summed E-state index contributed by atoms with van der Waals surface area (Å²) in [4.78, 5) is 25.2. The van der Waals surface area contributed by atoms with Gasteiger partial charge in [-0.3, -0.25) is 14.9 Å². The molecule has 2 atom stereocenters. The van der Waals surface area contributed by atoms with E-state index >= 15 is 0 Å². The zero-order valence-electron chi connectivity index (χ0n) is 13.3. The molecule has 1 amide bonds. The minimum absolute atomic E-state index is 0.0282. The zero-order valence-corrected chi connectivity index (χ0v) is 13.3. The second-order valence-electron chi connectivity index (χ2n) is 7.95. The van der Waals surface area contributed by atoms with E-state index in [9.17, 15) is 14.9 Å². The molecule has 3 rings (SSSR count). The summed E-state index contributed by atoms with van der Waals surface area (Å²) in [6, 6.07) is 6.31. The summed E-state index contributed by atoms with van der Waals surface area (Å²) in [5.41, 5.74) is 0.806. The molecule has 2 aliphatic rings. The van der Waals surface area contributed by atoms with Crippen molar-refractivity contribution in [3.8, 4) is 0 Å². The molecule has 5 heteroatoms. The number of carbonyl (C=O) groups is 1. The number of rotatable bonds is 2. The Bertz CT molecular complexity index is 641. The summed E-state index contributed by atoms with van der Waals surface area (Å²) in [5, 5.41) is 10.9. The molecule has 2 bridgehead atoms. The topological polar surface area (TPSA) is 63.5 Å². The molecule has 22 heavy (non-hydrogen) atoms. The third-order valence-electron chi connectivity index (χ3n) is 4.98. The van der Waals surface area contributed by atoms with Crippen LogP contribution in [0.3, 0.4) is 0 Å². The van der Waals surface area contributed by atoms with E-state index in [4.69, 9.17) is 0 Å². The minimum atomic E-state index is -0.455. The molecule has 1 aromatic rings. The Morgan fingerprint density at radius 3 is 2.73 bits per heavy atom. The lowest BCUT2D eigenvalue weighted by molar-refractivity contribution is -0.384. The summed E-state index contributed by atoms with van der Waals surface area (Å²) >= 11 is 0. The predicted molar refractivity (Wildman–Crippen MR) is 83.7 cm³/mol. The highest BCUT2D eigenvalue weighted by Gasteiger charge is 2.51. The van der Waals surface area contributed by atoms with Gasteiger partial charge in [0, 0.05) is 30.3 Å². The van der Waals surface area contributed by atoms with Crippen LogP contribution in [0.5, 0.6) is 0 Å². The minimum Gasteiger partial charge on any atom is -0.335 e. The quantitative estimate of drug-likeness (QED) is 0.619. The predicted octanol–water partition coefficient (Wildman–Crippen LogP) is 3.64. The van der Waals surface area contributed by atoms with E-state index in [2.05, 4.69) is 20.8 Å². The van der Waals surface area contributed by atoms with Crippen LogP contribution in [0.2, 0.25) is 0 Å². The Morgan fingerprint density at radius 1 is 1.32 bits per heavy atom. The number of nitro benzene ring substituents is 1. The largest absolute Gasteiger partial charge is 0.335 e. The second-order valence-corrected chi connectivity index (χ2v) is 7.95. The summed E-state index contributed by atoms with van der Waals surface area (Å²) in [5.74, 6) is -0.0740. The molecule has 1 saturated carbocycles. The highest BCUT2D eigenvalue weighted by atomic mass is 16.6. The molecule has 5 nitrogen and oxygen atoms in total. The number of nitro groups is 1. The normalized spacial score (nSPS) is 29.4. The van der Waals surface area contributed by atoms with Crippen LogP contribution in [0, 0.1) is 20.9 Å². The molecular weight excluding hydrogens is 280 g/mol. The molecule has 0 unspecified atom stereocenters. The number of amides is 1. The molecule has 1 aliphatic carbocycles. The van der Waals surface area contributed by atoms with Crippen LogP contribution in [0.15, 0.2) is 24.3 Å². The van der Waals surface area contributed by atoms with Crippen molar-refractivity contribution in [2.24, 2.45) is 10.8 Å². The molecule has 0 spiro atoms. The fourth-order valence-corrected chi connectivity index (χ4v) is 4.62. The summed E-state index contributed by atoms with van der Waals surface area (Å²) < 4.78 is 0. The molecule has 1 saturated heterocycles. The average molecular weight is 302 g/mol. The Balaban J connectivity index is 1.87. The molecule has 118 valence electrons. The number of hydrogen-bond donors (Lipinski definition) is 0. The third kappa shape index (κ3) is 2.60. The first-order valence-corrected chi connectivity index (χ1v) is 7.75. The van der Waals surface area contributed by atoms with Crippen molar-refractivity contribution in [3.63, 3.8) is 0 Å². The first-order chi connectivity index (χ1) is 10.2. The van der Waals surface area contributed by atoms with Gasteiger partial charge in [-0.1, -0.05) is 26.8 Å². The van der Waals surface area contributed by atoms with Gasteiger partial charge in [0.1, 0.15) is 0 Å². The summed E-state index contributed by atoms with van der Waals surface area (Å²) in [6.07, 6.45) is 3.16. The van der Waals surface area contributed by atoms with Crippen molar-refractivity contribution in [1.82, 2.24) is 4.90 Å². The van der Waals surface area contributed by atoms with Crippen LogP contribution in [-0.2, 0) is 0 Å². The van der Waals surface area contributed by atoms with Crippen molar-refractivity contribution in [2.45, 2.75) is 46.1 Å². The number of benzene rings is 1. The van der Waals surface area contributed by atoms with Crippen LogP contribution in [-0.4, -0.2) is 28.3 Å². The van der Waals surface area contributed by atoms with E-state index in [1.165, 1.54) is 12.1 Å². The van der Waals surface area contributed by atoms with Gasteiger partial charge in [-0.25, -0.2) is 0 Å². The van der Waals surface area contributed by atoms with Crippen LogP contribution in [0.25, 0.3) is 0 Å². The fourth-order valence-electron chi connectivity index (χ4n) is 4.62. The molecule has 0 radical (unpaired) electrons. The van der Waals surface area contributed by atoms with E-state index in [-0.39, 0.29) is 28.5 Å². The van der Waals surface area contributed by atoms with Gasteiger partial charge in [0.15, 0.2) is 0 Å². The molecule has 1 heterocycles. The first kappa shape index (κ1) is 15.0.